The molecule has 0 saturated carbocycles. The number of amides is 1. The maximum Gasteiger partial charge on any atom is 0.241 e. The number of hydrogen-bond donors (Lipinski definition) is 1. The van der Waals surface area contributed by atoms with Gasteiger partial charge >= 0.3 is 0 Å². The smallest absolute Gasteiger partial charge is 0.241 e. The van der Waals surface area contributed by atoms with Gasteiger partial charge in [0.05, 0.1) is 16.8 Å². The van der Waals surface area contributed by atoms with E-state index in [1.54, 1.807) is 18.2 Å². The first-order valence-corrected chi connectivity index (χ1v) is 9.81. The highest BCUT2D eigenvalue weighted by molar-refractivity contribution is 6.32. The Balaban J connectivity index is 1.41. The Hall–Kier alpha value is -2.15. The fourth-order valence-electron chi connectivity index (χ4n) is 3.19. The second kappa shape index (κ2) is 9.87. The number of carbonyl (C=O) groups excluding carboxylic acids is 1. The van der Waals surface area contributed by atoms with Crippen LogP contribution in [0.5, 0.6) is 5.75 Å². The van der Waals surface area contributed by atoms with Crippen molar-refractivity contribution in [1.29, 1.82) is 0 Å². The molecule has 1 amide bonds. The Morgan fingerprint density at radius 2 is 1.82 bits per heavy atom. The van der Waals surface area contributed by atoms with Crippen LogP contribution in [0.1, 0.15) is 6.92 Å². The van der Waals surface area contributed by atoms with Crippen molar-refractivity contribution in [1.82, 2.24) is 9.80 Å². The van der Waals surface area contributed by atoms with Crippen molar-refractivity contribution < 1.29 is 13.9 Å². The molecule has 1 fully saturated rings. The van der Waals surface area contributed by atoms with E-state index in [4.69, 9.17) is 16.3 Å². The minimum atomic E-state index is -0.425. The van der Waals surface area contributed by atoms with Crippen molar-refractivity contribution in [2.75, 3.05) is 44.6 Å². The summed E-state index contributed by atoms with van der Waals surface area (Å²) in [5.41, 5.74) is 0.217. The molecule has 0 radical (unpaired) electrons. The molecule has 1 atom stereocenters. The van der Waals surface area contributed by atoms with Gasteiger partial charge in [0.2, 0.25) is 5.91 Å². The lowest BCUT2D eigenvalue weighted by atomic mass is 10.2. The first-order chi connectivity index (χ1) is 13.5. The highest BCUT2D eigenvalue weighted by atomic mass is 35.5. The van der Waals surface area contributed by atoms with Gasteiger partial charge < -0.3 is 10.1 Å². The number of nitrogens with zero attached hydrogens (tertiary/aromatic N) is 2. The first-order valence-electron chi connectivity index (χ1n) is 9.43. The molecular formula is C21H25ClFN3O2. The van der Waals surface area contributed by atoms with E-state index < -0.39 is 5.82 Å². The van der Waals surface area contributed by atoms with E-state index in [2.05, 4.69) is 15.1 Å². The van der Waals surface area contributed by atoms with Gasteiger partial charge in [0.25, 0.3) is 0 Å². The van der Waals surface area contributed by atoms with Crippen molar-refractivity contribution in [3.05, 3.63) is 59.4 Å². The number of rotatable bonds is 7. The maximum absolute atomic E-state index is 13.7. The summed E-state index contributed by atoms with van der Waals surface area (Å²) in [7, 11) is 0. The third-order valence-electron chi connectivity index (χ3n) is 4.97. The summed E-state index contributed by atoms with van der Waals surface area (Å²) in [6.45, 7) is 6.47. The van der Waals surface area contributed by atoms with Gasteiger partial charge in [0, 0.05) is 32.7 Å². The lowest BCUT2D eigenvalue weighted by Gasteiger charge is -2.37. The van der Waals surface area contributed by atoms with Gasteiger partial charge in [-0.25, -0.2) is 4.39 Å². The van der Waals surface area contributed by atoms with Crippen LogP contribution in [-0.2, 0) is 4.79 Å². The number of ether oxygens (including phenoxy) is 1. The summed E-state index contributed by atoms with van der Waals surface area (Å²) in [4.78, 5) is 16.9. The first kappa shape index (κ1) is 20.6. The standard InChI is InChI=1S/C21H25ClFN3O2/c1-16(21(27)24-19-8-4-3-7-18(19)23)26-12-10-25(11-13-26)14-15-28-20-9-5-2-6-17(20)22/h2-9,16H,10-15H2,1H3,(H,24,27). The van der Waals surface area contributed by atoms with Crippen molar-refractivity contribution in [2.45, 2.75) is 13.0 Å². The molecule has 1 unspecified atom stereocenters. The van der Waals surface area contributed by atoms with E-state index in [0.717, 1.165) is 32.7 Å². The summed E-state index contributed by atoms with van der Waals surface area (Å²) in [5, 5.41) is 3.29. The Bertz CT molecular complexity index is 797. The molecule has 1 N–H and O–H groups in total. The molecule has 2 aromatic carbocycles. The van der Waals surface area contributed by atoms with Crippen LogP contribution in [0, 0.1) is 5.82 Å². The minimum absolute atomic E-state index is 0.194. The number of benzene rings is 2. The predicted molar refractivity (Wildman–Crippen MR) is 109 cm³/mol. The summed E-state index contributed by atoms with van der Waals surface area (Å²) < 4.78 is 19.5. The number of halogens is 2. The highest BCUT2D eigenvalue weighted by Gasteiger charge is 2.26. The summed E-state index contributed by atoms with van der Waals surface area (Å²) >= 11 is 6.09. The average Bonchev–Trinajstić information content (AvgIpc) is 2.71. The summed E-state index contributed by atoms with van der Waals surface area (Å²) in [6.07, 6.45) is 0. The zero-order valence-corrected chi connectivity index (χ0v) is 16.7. The lowest BCUT2D eigenvalue weighted by Crippen LogP contribution is -2.53. The SMILES string of the molecule is CC(C(=O)Nc1ccccc1F)N1CCN(CCOc2ccccc2Cl)CC1. The molecule has 1 aliphatic heterocycles. The van der Waals surface area contributed by atoms with Crippen LogP contribution in [0.15, 0.2) is 48.5 Å². The number of nitrogens with one attached hydrogen (secondary N) is 1. The van der Waals surface area contributed by atoms with E-state index in [9.17, 15) is 9.18 Å². The molecule has 2 aromatic rings. The normalized spacial score (nSPS) is 16.5. The molecule has 0 bridgehead atoms. The molecule has 3 rings (SSSR count). The van der Waals surface area contributed by atoms with Crippen LogP contribution in [0.25, 0.3) is 0 Å². The van der Waals surface area contributed by atoms with E-state index in [0.29, 0.717) is 17.4 Å². The number of carbonyl (C=O) groups is 1. The van der Waals surface area contributed by atoms with Gasteiger partial charge in [-0.3, -0.25) is 14.6 Å². The zero-order valence-electron chi connectivity index (χ0n) is 15.9. The quantitative estimate of drug-likeness (QED) is 0.765. The summed E-state index contributed by atoms with van der Waals surface area (Å²) in [6, 6.07) is 13.3. The van der Waals surface area contributed by atoms with Gasteiger partial charge in [0.15, 0.2) is 0 Å². The van der Waals surface area contributed by atoms with Crippen LogP contribution >= 0.6 is 11.6 Å². The molecule has 0 aromatic heterocycles. The molecule has 150 valence electrons. The molecule has 1 aliphatic rings. The molecule has 7 heteroatoms. The lowest BCUT2D eigenvalue weighted by molar-refractivity contribution is -0.121. The Morgan fingerprint density at radius 1 is 1.14 bits per heavy atom. The largest absolute Gasteiger partial charge is 0.491 e. The third kappa shape index (κ3) is 5.44. The van der Waals surface area contributed by atoms with Crippen molar-refractivity contribution in [3.8, 4) is 5.75 Å². The van der Waals surface area contributed by atoms with Gasteiger partial charge in [-0.05, 0) is 31.2 Å². The Kier molecular flexibility index (Phi) is 7.25. The van der Waals surface area contributed by atoms with Crippen LogP contribution in [0.3, 0.4) is 0 Å². The van der Waals surface area contributed by atoms with E-state index in [-0.39, 0.29) is 17.6 Å². The van der Waals surface area contributed by atoms with Crippen LogP contribution < -0.4 is 10.1 Å². The second-order valence-corrected chi connectivity index (χ2v) is 7.21. The molecule has 1 saturated heterocycles. The fourth-order valence-corrected chi connectivity index (χ4v) is 3.38. The van der Waals surface area contributed by atoms with Crippen LogP contribution in [-0.4, -0.2) is 61.1 Å². The van der Waals surface area contributed by atoms with E-state index in [1.165, 1.54) is 6.07 Å². The van der Waals surface area contributed by atoms with Crippen LogP contribution in [0.4, 0.5) is 10.1 Å². The minimum Gasteiger partial charge on any atom is -0.491 e. The van der Waals surface area contributed by atoms with E-state index >= 15 is 0 Å². The van der Waals surface area contributed by atoms with Crippen LogP contribution in [0.2, 0.25) is 5.02 Å². The number of para-hydroxylation sites is 2. The van der Waals surface area contributed by atoms with Gasteiger partial charge in [-0.1, -0.05) is 35.9 Å². The predicted octanol–water partition coefficient (Wildman–Crippen LogP) is 3.50. The molecule has 28 heavy (non-hydrogen) atoms. The van der Waals surface area contributed by atoms with E-state index in [1.807, 2.05) is 31.2 Å². The molecule has 5 nitrogen and oxygen atoms in total. The average molecular weight is 406 g/mol. The fraction of sp³-hybridized carbons (Fsp3) is 0.381. The monoisotopic (exact) mass is 405 g/mol. The topological polar surface area (TPSA) is 44.8 Å². The molecule has 1 heterocycles. The highest BCUT2D eigenvalue weighted by Crippen LogP contribution is 2.23. The zero-order chi connectivity index (χ0) is 19.9. The number of anilines is 1. The van der Waals surface area contributed by atoms with Crippen molar-refractivity contribution in [2.24, 2.45) is 0 Å². The summed E-state index contributed by atoms with van der Waals surface area (Å²) in [5.74, 6) is 0.0771. The number of hydrogen-bond acceptors (Lipinski definition) is 4. The second-order valence-electron chi connectivity index (χ2n) is 6.80. The van der Waals surface area contributed by atoms with Crippen molar-refractivity contribution >= 4 is 23.2 Å². The number of piperazine rings is 1. The molecule has 0 aliphatic carbocycles. The Labute approximate surface area is 170 Å². The van der Waals surface area contributed by atoms with Crippen molar-refractivity contribution in [3.63, 3.8) is 0 Å². The molecular weight excluding hydrogens is 381 g/mol. The maximum atomic E-state index is 13.7. The molecule has 0 spiro atoms. The third-order valence-corrected chi connectivity index (χ3v) is 5.28. The van der Waals surface area contributed by atoms with Gasteiger partial charge in [0.1, 0.15) is 18.2 Å². The van der Waals surface area contributed by atoms with Gasteiger partial charge in [-0.2, -0.15) is 0 Å². The van der Waals surface area contributed by atoms with Gasteiger partial charge in [-0.15, -0.1) is 0 Å². The Morgan fingerprint density at radius 3 is 2.54 bits per heavy atom.